The Labute approximate surface area is 140 Å². The molecule has 0 radical (unpaired) electrons. The van der Waals surface area contributed by atoms with Crippen molar-refractivity contribution in [3.8, 4) is 11.4 Å². The summed E-state index contributed by atoms with van der Waals surface area (Å²) in [6.45, 7) is -0.0383. The molecule has 0 saturated carbocycles. The SMILES string of the molecule is FC(F)(F)c1ccccc1CNn1c(-c2ccccc2)n[nH]c1=S. The van der Waals surface area contributed by atoms with Gasteiger partial charge in [-0.3, -0.25) is 0 Å². The van der Waals surface area contributed by atoms with Gasteiger partial charge in [0.1, 0.15) is 0 Å². The third-order valence-electron chi connectivity index (χ3n) is 3.45. The molecule has 2 aromatic carbocycles. The first kappa shape index (κ1) is 16.3. The molecular formula is C16H13F3N4S. The predicted octanol–water partition coefficient (Wildman–Crippen LogP) is 4.37. The smallest absolute Gasteiger partial charge is 0.317 e. The highest BCUT2D eigenvalue weighted by atomic mass is 32.1. The Hall–Kier alpha value is -2.61. The number of benzene rings is 2. The van der Waals surface area contributed by atoms with Gasteiger partial charge in [-0.2, -0.15) is 18.3 Å². The van der Waals surface area contributed by atoms with Gasteiger partial charge in [0.05, 0.1) is 12.1 Å². The maximum Gasteiger partial charge on any atom is 0.416 e. The third kappa shape index (κ3) is 3.33. The molecule has 0 aliphatic heterocycles. The second-order valence-electron chi connectivity index (χ2n) is 5.04. The van der Waals surface area contributed by atoms with E-state index in [-0.39, 0.29) is 16.9 Å². The fourth-order valence-electron chi connectivity index (χ4n) is 2.34. The van der Waals surface area contributed by atoms with Gasteiger partial charge in [-0.15, -0.1) is 0 Å². The summed E-state index contributed by atoms with van der Waals surface area (Å²) in [4.78, 5) is 0. The number of halogens is 3. The van der Waals surface area contributed by atoms with E-state index >= 15 is 0 Å². The summed E-state index contributed by atoms with van der Waals surface area (Å²) in [5.74, 6) is 0.505. The molecule has 4 nitrogen and oxygen atoms in total. The predicted molar refractivity (Wildman–Crippen MR) is 87.4 cm³/mol. The van der Waals surface area contributed by atoms with Crippen molar-refractivity contribution in [1.82, 2.24) is 14.9 Å². The second kappa shape index (κ2) is 6.48. The van der Waals surface area contributed by atoms with E-state index in [1.54, 1.807) is 6.07 Å². The lowest BCUT2D eigenvalue weighted by Crippen LogP contribution is -2.18. The number of hydrogen-bond acceptors (Lipinski definition) is 3. The molecule has 1 heterocycles. The zero-order chi connectivity index (χ0) is 17.2. The molecule has 0 saturated heterocycles. The average Bonchev–Trinajstić information content (AvgIpc) is 2.94. The molecule has 0 unspecified atom stereocenters. The molecule has 8 heteroatoms. The summed E-state index contributed by atoms with van der Waals surface area (Å²) in [5.41, 5.74) is 3.16. The van der Waals surface area contributed by atoms with Gasteiger partial charge in [0.2, 0.25) is 4.77 Å². The number of nitrogens with one attached hydrogen (secondary N) is 2. The molecule has 0 spiro atoms. The van der Waals surface area contributed by atoms with Gasteiger partial charge in [0.15, 0.2) is 5.82 Å². The van der Waals surface area contributed by atoms with Crippen molar-refractivity contribution in [3.63, 3.8) is 0 Å². The summed E-state index contributed by atoms with van der Waals surface area (Å²) in [5, 5.41) is 6.78. The van der Waals surface area contributed by atoms with Crippen molar-refractivity contribution in [3.05, 3.63) is 70.5 Å². The van der Waals surface area contributed by atoms with E-state index in [9.17, 15) is 13.2 Å². The van der Waals surface area contributed by atoms with Crippen molar-refractivity contribution >= 4 is 12.2 Å². The van der Waals surface area contributed by atoms with Crippen LogP contribution in [0.25, 0.3) is 11.4 Å². The van der Waals surface area contributed by atoms with Crippen LogP contribution in [-0.4, -0.2) is 14.9 Å². The molecule has 3 rings (SSSR count). The molecule has 3 aromatic rings. The number of nitrogens with zero attached hydrogens (tertiary/aromatic N) is 2. The molecule has 0 aliphatic rings. The van der Waals surface area contributed by atoms with Crippen LogP contribution >= 0.6 is 12.2 Å². The fraction of sp³-hybridized carbons (Fsp3) is 0.125. The van der Waals surface area contributed by atoms with Crippen LogP contribution in [0.15, 0.2) is 54.6 Å². The summed E-state index contributed by atoms with van der Waals surface area (Å²) >= 11 is 5.15. The molecule has 24 heavy (non-hydrogen) atoms. The Morgan fingerprint density at radius 3 is 2.42 bits per heavy atom. The summed E-state index contributed by atoms with van der Waals surface area (Å²) < 4.78 is 40.9. The normalized spacial score (nSPS) is 11.5. The van der Waals surface area contributed by atoms with Crippen molar-refractivity contribution in [2.45, 2.75) is 12.7 Å². The van der Waals surface area contributed by atoms with Crippen molar-refractivity contribution < 1.29 is 13.2 Å². The summed E-state index contributed by atoms with van der Waals surface area (Å²) in [7, 11) is 0. The van der Waals surface area contributed by atoms with Crippen LogP contribution in [0.3, 0.4) is 0 Å². The molecule has 0 aliphatic carbocycles. The van der Waals surface area contributed by atoms with Gasteiger partial charge in [-0.25, -0.2) is 9.77 Å². The zero-order valence-electron chi connectivity index (χ0n) is 12.3. The van der Waals surface area contributed by atoms with E-state index in [2.05, 4.69) is 15.6 Å². The Bertz CT molecular complexity index is 884. The van der Waals surface area contributed by atoms with Gasteiger partial charge in [0.25, 0.3) is 0 Å². The Balaban J connectivity index is 1.90. The standard InChI is InChI=1S/C16H13F3N4S/c17-16(18,19)13-9-5-4-8-12(13)10-20-23-14(21-22-15(23)24)11-6-2-1-3-7-11/h1-9,20H,10H2,(H,22,24). The number of hydrogen-bond donors (Lipinski definition) is 2. The lowest BCUT2D eigenvalue weighted by atomic mass is 10.1. The van der Waals surface area contributed by atoms with E-state index in [1.807, 2.05) is 30.3 Å². The summed E-state index contributed by atoms with van der Waals surface area (Å²) in [6, 6.07) is 14.7. The van der Waals surface area contributed by atoms with Crippen LogP contribution in [0.4, 0.5) is 13.2 Å². The molecule has 0 atom stereocenters. The fourth-order valence-corrected chi connectivity index (χ4v) is 2.54. The second-order valence-corrected chi connectivity index (χ2v) is 5.43. The summed E-state index contributed by atoms with van der Waals surface area (Å²) in [6.07, 6.45) is -4.40. The van der Waals surface area contributed by atoms with E-state index in [1.165, 1.54) is 16.8 Å². The quantitative estimate of drug-likeness (QED) is 0.687. The van der Waals surface area contributed by atoms with Crippen LogP contribution in [0.5, 0.6) is 0 Å². The molecular weight excluding hydrogens is 337 g/mol. The van der Waals surface area contributed by atoms with Crippen LogP contribution in [-0.2, 0) is 12.7 Å². The molecule has 124 valence electrons. The first-order chi connectivity index (χ1) is 11.5. The number of rotatable bonds is 4. The number of aromatic nitrogens is 3. The van der Waals surface area contributed by atoms with E-state index < -0.39 is 11.7 Å². The Kier molecular flexibility index (Phi) is 4.39. The first-order valence-electron chi connectivity index (χ1n) is 7.08. The molecule has 2 N–H and O–H groups in total. The van der Waals surface area contributed by atoms with E-state index in [4.69, 9.17) is 12.2 Å². The lowest BCUT2D eigenvalue weighted by Gasteiger charge is -2.15. The van der Waals surface area contributed by atoms with Crippen LogP contribution in [0.1, 0.15) is 11.1 Å². The van der Waals surface area contributed by atoms with Crippen LogP contribution in [0.2, 0.25) is 0 Å². The minimum atomic E-state index is -4.40. The molecule has 0 bridgehead atoms. The van der Waals surface area contributed by atoms with Gasteiger partial charge in [-0.1, -0.05) is 48.5 Å². The van der Waals surface area contributed by atoms with Gasteiger partial charge < -0.3 is 5.43 Å². The van der Waals surface area contributed by atoms with Gasteiger partial charge in [-0.05, 0) is 23.8 Å². The Morgan fingerprint density at radius 1 is 1.04 bits per heavy atom. The van der Waals surface area contributed by atoms with E-state index in [0.717, 1.165) is 11.6 Å². The molecule has 0 fully saturated rings. The molecule has 0 amide bonds. The number of aromatic amines is 1. The zero-order valence-corrected chi connectivity index (χ0v) is 13.2. The lowest BCUT2D eigenvalue weighted by molar-refractivity contribution is -0.138. The maximum absolute atomic E-state index is 13.1. The van der Waals surface area contributed by atoms with Crippen LogP contribution in [0, 0.1) is 4.77 Å². The minimum absolute atomic E-state index is 0.0383. The number of H-pyrrole nitrogens is 1. The largest absolute Gasteiger partial charge is 0.416 e. The van der Waals surface area contributed by atoms with Crippen molar-refractivity contribution in [1.29, 1.82) is 0 Å². The van der Waals surface area contributed by atoms with Crippen molar-refractivity contribution in [2.24, 2.45) is 0 Å². The minimum Gasteiger partial charge on any atom is -0.317 e. The van der Waals surface area contributed by atoms with Crippen molar-refractivity contribution in [2.75, 3.05) is 5.43 Å². The van der Waals surface area contributed by atoms with E-state index in [0.29, 0.717) is 5.82 Å². The maximum atomic E-state index is 13.1. The molecule has 1 aromatic heterocycles. The van der Waals surface area contributed by atoms with Gasteiger partial charge >= 0.3 is 6.18 Å². The highest BCUT2D eigenvalue weighted by Crippen LogP contribution is 2.31. The third-order valence-corrected chi connectivity index (χ3v) is 3.73. The Morgan fingerprint density at radius 2 is 1.71 bits per heavy atom. The topological polar surface area (TPSA) is 45.6 Å². The monoisotopic (exact) mass is 350 g/mol. The van der Waals surface area contributed by atoms with Crippen LogP contribution < -0.4 is 5.43 Å². The highest BCUT2D eigenvalue weighted by Gasteiger charge is 2.32. The number of alkyl halides is 3. The highest BCUT2D eigenvalue weighted by molar-refractivity contribution is 7.71. The average molecular weight is 350 g/mol. The van der Waals surface area contributed by atoms with Gasteiger partial charge in [0, 0.05) is 5.56 Å². The first-order valence-corrected chi connectivity index (χ1v) is 7.49.